The zero-order valence-electron chi connectivity index (χ0n) is 22.3. The number of hydrogen-bond acceptors (Lipinski definition) is 10. The smallest absolute Gasteiger partial charge is 0.417 e. The monoisotopic (exact) mass is 583 g/mol. The molecule has 0 spiro atoms. The second-order valence-corrected chi connectivity index (χ2v) is 9.39. The highest BCUT2D eigenvalue weighted by atomic mass is 19.4. The number of anilines is 3. The van der Waals surface area contributed by atoms with Crippen molar-refractivity contribution in [3.63, 3.8) is 0 Å². The number of carbonyl (C=O) groups excluding carboxylic acids is 1. The number of aryl methyl sites for hydroxylation is 2. The minimum absolute atomic E-state index is 0.0198. The van der Waals surface area contributed by atoms with E-state index in [2.05, 4.69) is 30.9 Å². The molecule has 3 N–H and O–H groups in total. The summed E-state index contributed by atoms with van der Waals surface area (Å²) in [5.41, 5.74) is -1.76. The van der Waals surface area contributed by atoms with Gasteiger partial charge >= 0.3 is 6.18 Å². The molecule has 5 heterocycles. The van der Waals surface area contributed by atoms with Crippen molar-refractivity contribution in [1.29, 1.82) is 5.26 Å². The Morgan fingerprint density at radius 1 is 1.31 bits per heavy atom. The van der Waals surface area contributed by atoms with Crippen LogP contribution in [0.2, 0.25) is 0 Å². The summed E-state index contributed by atoms with van der Waals surface area (Å²) in [6, 6.07) is 5.73. The molecule has 4 aromatic heterocycles. The van der Waals surface area contributed by atoms with Crippen LogP contribution in [0.3, 0.4) is 0 Å². The van der Waals surface area contributed by atoms with Crippen molar-refractivity contribution < 1.29 is 27.4 Å². The van der Waals surface area contributed by atoms with Gasteiger partial charge in [-0.05, 0) is 12.1 Å². The van der Waals surface area contributed by atoms with Crippen LogP contribution in [-0.4, -0.2) is 55.8 Å². The van der Waals surface area contributed by atoms with Crippen molar-refractivity contribution in [2.45, 2.75) is 18.7 Å². The molecular formula is C26H24F3N9O4. The molecule has 5 rings (SSSR count). The van der Waals surface area contributed by atoms with Gasteiger partial charge in [-0.25, -0.2) is 9.97 Å². The number of ether oxygens (including phenoxy) is 2. The molecule has 4 aromatic rings. The number of alkyl halides is 3. The Morgan fingerprint density at radius 2 is 2.12 bits per heavy atom. The maximum absolute atomic E-state index is 13.3. The number of morpholine rings is 1. The van der Waals surface area contributed by atoms with E-state index in [0.29, 0.717) is 25.4 Å². The van der Waals surface area contributed by atoms with Gasteiger partial charge in [0.2, 0.25) is 11.9 Å². The van der Waals surface area contributed by atoms with Gasteiger partial charge < -0.3 is 34.6 Å². The van der Waals surface area contributed by atoms with Gasteiger partial charge in [-0.2, -0.15) is 23.4 Å². The number of nitriles is 1. The molecule has 1 unspecified atom stereocenters. The number of pyridine rings is 3. The number of rotatable bonds is 7. The van der Waals surface area contributed by atoms with Crippen LogP contribution >= 0.6 is 0 Å². The molecule has 0 bridgehead atoms. The number of nitrogens with one attached hydrogen (secondary N) is 3. The average molecular weight is 584 g/mol. The molecule has 1 amide bonds. The van der Waals surface area contributed by atoms with E-state index in [1.165, 1.54) is 43.2 Å². The fourth-order valence-electron chi connectivity index (χ4n) is 4.35. The third-order valence-electron chi connectivity index (χ3n) is 6.38. The van der Waals surface area contributed by atoms with E-state index < -0.39 is 17.3 Å². The fourth-order valence-corrected chi connectivity index (χ4v) is 4.35. The molecule has 0 saturated carbocycles. The highest BCUT2D eigenvalue weighted by Gasteiger charge is 2.32. The summed E-state index contributed by atoms with van der Waals surface area (Å²) >= 11 is 0. The molecule has 1 aliphatic heterocycles. The number of hydrogen-bond donors (Lipinski definition) is 3. The fraction of sp³-hybridized carbons (Fsp3) is 0.308. The molecule has 13 nitrogen and oxygen atoms in total. The van der Waals surface area contributed by atoms with Gasteiger partial charge in [0.15, 0.2) is 11.4 Å². The lowest BCUT2D eigenvalue weighted by Gasteiger charge is -2.22. The Hall–Kier alpha value is -5.01. The summed E-state index contributed by atoms with van der Waals surface area (Å²) in [7, 11) is 2.71. The summed E-state index contributed by atoms with van der Waals surface area (Å²) in [5.74, 6) is 0.220. The van der Waals surface area contributed by atoms with Crippen molar-refractivity contribution in [1.82, 2.24) is 29.4 Å². The maximum atomic E-state index is 13.3. The lowest BCUT2D eigenvalue weighted by molar-refractivity contribution is -0.138. The van der Waals surface area contributed by atoms with Gasteiger partial charge in [0.1, 0.15) is 34.4 Å². The average Bonchev–Trinajstić information content (AvgIpc) is 3.26. The van der Waals surface area contributed by atoms with Crippen LogP contribution in [0.25, 0.3) is 11.2 Å². The minimum atomic E-state index is -4.67. The number of fused-ring (bicyclic) bond motifs is 1. The first-order chi connectivity index (χ1) is 20.0. The maximum Gasteiger partial charge on any atom is 0.417 e. The molecule has 1 fully saturated rings. The van der Waals surface area contributed by atoms with E-state index >= 15 is 0 Å². The number of imidazole rings is 1. The zero-order valence-corrected chi connectivity index (χ0v) is 22.3. The lowest BCUT2D eigenvalue weighted by Crippen LogP contribution is -2.40. The Morgan fingerprint density at radius 3 is 2.83 bits per heavy atom. The van der Waals surface area contributed by atoms with Crippen LogP contribution in [0.5, 0.6) is 11.5 Å². The molecule has 1 aliphatic rings. The second kappa shape index (κ2) is 11.5. The SMILES string of the molecule is Cn1cc(C(F)(F)F)cc(Nc2nc3ncc(Oc4ccnc(NC(=O)CC5CNCCO5)c4)c(C#N)c3n2C)c1=O. The number of amides is 1. The summed E-state index contributed by atoms with van der Waals surface area (Å²) in [5, 5.41) is 18.4. The van der Waals surface area contributed by atoms with Gasteiger partial charge in [0, 0.05) is 45.6 Å². The Labute approximate surface area is 235 Å². The van der Waals surface area contributed by atoms with Crippen molar-refractivity contribution in [2.24, 2.45) is 14.1 Å². The number of halogens is 3. The summed E-state index contributed by atoms with van der Waals surface area (Å²) in [6.45, 7) is 1.83. The van der Waals surface area contributed by atoms with Crippen molar-refractivity contribution in [3.05, 3.63) is 58.3 Å². The highest BCUT2D eigenvalue weighted by Crippen LogP contribution is 2.33. The van der Waals surface area contributed by atoms with Gasteiger partial charge in [0.25, 0.3) is 5.56 Å². The first-order valence-corrected chi connectivity index (χ1v) is 12.6. The largest absolute Gasteiger partial charge is 0.454 e. The van der Waals surface area contributed by atoms with E-state index in [0.717, 1.165) is 11.1 Å². The van der Waals surface area contributed by atoms with Crippen molar-refractivity contribution >= 4 is 34.5 Å². The number of carbonyl (C=O) groups is 1. The molecule has 0 aliphatic carbocycles. The molecular weight excluding hydrogens is 559 g/mol. The molecule has 42 heavy (non-hydrogen) atoms. The van der Waals surface area contributed by atoms with E-state index in [4.69, 9.17) is 9.47 Å². The standard InChI is InChI=1S/C26H24F3N9O4/c1-37-13-14(26(27,28)29)7-18(24(37)40)34-25-36-23-22(38(25)2)17(10-30)19(12-33-23)42-15-3-4-32-20(8-15)35-21(39)9-16-11-31-5-6-41-16/h3-4,7-8,12-13,16,31H,5-6,9,11H2,1-2H3,(H,32,35,39)(H,33,34,36). The lowest BCUT2D eigenvalue weighted by atomic mass is 10.2. The molecule has 218 valence electrons. The predicted octanol–water partition coefficient (Wildman–Crippen LogP) is 2.81. The summed E-state index contributed by atoms with van der Waals surface area (Å²) in [6.07, 6.45) is -1.39. The van der Waals surface area contributed by atoms with Gasteiger partial charge in [-0.3, -0.25) is 9.59 Å². The Balaban J connectivity index is 1.39. The first-order valence-electron chi connectivity index (χ1n) is 12.6. The topological polar surface area (TPSA) is 161 Å². The molecule has 1 saturated heterocycles. The van der Waals surface area contributed by atoms with Crippen LogP contribution in [-0.2, 0) is 29.8 Å². The Bertz CT molecular complexity index is 1750. The normalized spacial score (nSPS) is 15.3. The first kappa shape index (κ1) is 28.5. The van der Waals surface area contributed by atoms with Gasteiger partial charge in [0.05, 0.1) is 30.9 Å². The van der Waals surface area contributed by atoms with Crippen molar-refractivity contribution in [2.75, 3.05) is 30.3 Å². The Kier molecular flexibility index (Phi) is 7.79. The van der Waals surface area contributed by atoms with E-state index in [1.54, 1.807) is 0 Å². The van der Waals surface area contributed by atoms with Crippen molar-refractivity contribution in [3.8, 4) is 17.6 Å². The molecule has 1 atom stereocenters. The third-order valence-corrected chi connectivity index (χ3v) is 6.38. The van der Waals surface area contributed by atoms with E-state index in [9.17, 15) is 28.0 Å². The third kappa shape index (κ3) is 6.01. The summed E-state index contributed by atoms with van der Waals surface area (Å²) in [4.78, 5) is 37.6. The van der Waals surface area contributed by atoms with Gasteiger partial charge in [-0.1, -0.05) is 0 Å². The van der Waals surface area contributed by atoms with Crippen LogP contribution in [0.4, 0.5) is 30.6 Å². The molecule has 0 radical (unpaired) electrons. The van der Waals surface area contributed by atoms with Crippen LogP contribution < -0.4 is 26.2 Å². The molecule has 0 aromatic carbocycles. The summed E-state index contributed by atoms with van der Waals surface area (Å²) < 4.78 is 53.6. The zero-order chi connectivity index (χ0) is 30.0. The predicted molar refractivity (Wildman–Crippen MR) is 143 cm³/mol. The van der Waals surface area contributed by atoms with Crippen LogP contribution in [0.15, 0.2) is 41.6 Å². The van der Waals surface area contributed by atoms with E-state index in [-0.39, 0.29) is 64.1 Å². The second-order valence-electron chi connectivity index (χ2n) is 9.39. The minimum Gasteiger partial charge on any atom is -0.454 e. The van der Waals surface area contributed by atoms with Crippen LogP contribution in [0, 0.1) is 11.3 Å². The quantitative estimate of drug-likeness (QED) is 0.295. The van der Waals surface area contributed by atoms with E-state index in [1.807, 2.05) is 6.07 Å². The highest BCUT2D eigenvalue weighted by molar-refractivity contribution is 5.90. The van der Waals surface area contributed by atoms with Gasteiger partial charge in [-0.15, -0.1) is 0 Å². The number of aromatic nitrogens is 5. The number of nitrogens with zero attached hydrogens (tertiary/aromatic N) is 6. The molecule has 16 heteroatoms. The van der Waals surface area contributed by atoms with Crippen LogP contribution in [0.1, 0.15) is 17.5 Å².